The highest BCUT2D eigenvalue weighted by molar-refractivity contribution is 5.57. The van der Waals surface area contributed by atoms with E-state index < -0.39 is 5.82 Å². The van der Waals surface area contributed by atoms with E-state index >= 15 is 0 Å². The van der Waals surface area contributed by atoms with Crippen molar-refractivity contribution < 1.29 is 13.9 Å². The molecular formula is C10H8FNO2. The fourth-order valence-electron chi connectivity index (χ4n) is 1.10. The van der Waals surface area contributed by atoms with E-state index in [0.29, 0.717) is 6.29 Å². The molecule has 0 N–H and O–H groups in total. The van der Waals surface area contributed by atoms with E-state index in [1.54, 1.807) is 6.07 Å². The molecule has 0 aliphatic heterocycles. The van der Waals surface area contributed by atoms with Crippen LogP contribution in [0.25, 0.3) is 0 Å². The minimum Gasteiger partial charge on any atom is -0.495 e. The first-order valence-corrected chi connectivity index (χ1v) is 3.93. The molecule has 0 aromatic heterocycles. The van der Waals surface area contributed by atoms with Gasteiger partial charge in [0, 0.05) is 6.42 Å². The Balaban J connectivity index is 3.24. The topological polar surface area (TPSA) is 50.1 Å². The largest absolute Gasteiger partial charge is 0.495 e. The quantitative estimate of drug-likeness (QED) is 0.682. The van der Waals surface area contributed by atoms with Gasteiger partial charge in [-0.3, -0.25) is 0 Å². The third-order valence-corrected chi connectivity index (χ3v) is 1.79. The highest BCUT2D eigenvalue weighted by Gasteiger charge is 2.09. The molecule has 1 aromatic rings. The highest BCUT2D eigenvalue weighted by Crippen LogP contribution is 2.22. The molecule has 72 valence electrons. The van der Waals surface area contributed by atoms with Crippen molar-refractivity contribution in [3.05, 3.63) is 29.1 Å². The fourth-order valence-corrected chi connectivity index (χ4v) is 1.10. The number of methoxy groups -OCH3 is 1. The van der Waals surface area contributed by atoms with Gasteiger partial charge >= 0.3 is 0 Å². The van der Waals surface area contributed by atoms with Gasteiger partial charge in [-0.05, 0) is 17.7 Å². The van der Waals surface area contributed by atoms with Crippen LogP contribution in [0.5, 0.6) is 5.75 Å². The van der Waals surface area contributed by atoms with Gasteiger partial charge in [0.15, 0.2) is 0 Å². The third kappa shape index (κ3) is 1.88. The molecule has 0 heterocycles. The molecule has 0 aliphatic carbocycles. The zero-order chi connectivity index (χ0) is 10.6. The second-order valence-electron chi connectivity index (χ2n) is 2.63. The van der Waals surface area contributed by atoms with Gasteiger partial charge in [-0.1, -0.05) is 0 Å². The van der Waals surface area contributed by atoms with Gasteiger partial charge in [0.1, 0.15) is 23.9 Å². The maximum atomic E-state index is 13.2. The second kappa shape index (κ2) is 4.38. The van der Waals surface area contributed by atoms with Gasteiger partial charge in [-0.2, -0.15) is 5.26 Å². The van der Waals surface area contributed by atoms with Crippen LogP contribution in [0.3, 0.4) is 0 Å². The van der Waals surface area contributed by atoms with Gasteiger partial charge in [-0.25, -0.2) is 4.39 Å². The predicted molar refractivity (Wildman–Crippen MR) is 47.4 cm³/mol. The molecule has 0 amide bonds. The maximum absolute atomic E-state index is 13.2. The number of benzene rings is 1. The summed E-state index contributed by atoms with van der Waals surface area (Å²) < 4.78 is 18.0. The Hall–Kier alpha value is -1.89. The summed E-state index contributed by atoms with van der Waals surface area (Å²) in [5, 5.41) is 8.63. The molecule has 0 saturated carbocycles. The third-order valence-electron chi connectivity index (χ3n) is 1.79. The van der Waals surface area contributed by atoms with Crippen molar-refractivity contribution in [2.24, 2.45) is 0 Å². The van der Waals surface area contributed by atoms with Crippen LogP contribution in [-0.4, -0.2) is 13.4 Å². The van der Waals surface area contributed by atoms with E-state index in [2.05, 4.69) is 0 Å². The summed E-state index contributed by atoms with van der Waals surface area (Å²) in [6.45, 7) is 0. The molecule has 0 bridgehead atoms. The smallest absolute Gasteiger partial charge is 0.137 e. The first-order chi connectivity index (χ1) is 6.72. The Morgan fingerprint density at radius 1 is 1.64 bits per heavy atom. The Morgan fingerprint density at radius 2 is 2.36 bits per heavy atom. The summed E-state index contributed by atoms with van der Waals surface area (Å²) in [5.41, 5.74) is 0.357. The molecule has 0 fully saturated rings. The van der Waals surface area contributed by atoms with Crippen LogP contribution in [0, 0.1) is 17.1 Å². The number of hydrogen-bond acceptors (Lipinski definition) is 3. The Morgan fingerprint density at radius 3 is 2.86 bits per heavy atom. The lowest BCUT2D eigenvalue weighted by Crippen LogP contribution is -1.96. The van der Waals surface area contributed by atoms with E-state index in [1.807, 2.05) is 0 Å². The summed E-state index contributed by atoms with van der Waals surface area (Å²) >= 11 is 0. The standard InChI is InChI=1S/C10H8FNO2/c1-14-10-5-7(2-3-13)9(11)4-8(10)6-12/h3-5H,2H2,1H3. The van der Waals surface area contributed by atoms with Crippen LogP contribution in [0.4, 0.5) is 4.39 Å². The average Bonchev–Trinajstić information content (AvgIpc) is 2.20. The van der Waals surface area contributed by atoms with Crippen molar-refractivity contribution >= 4 is 6.29 Å². The fraction of sp³-hybridized carbons (Fsp3) is 0.200. The molecule has 0 radical (unpaired) electrons. The molecular weight excluding hydrogens is 185 g/mol. The van der Waals surface area contributed by atoms with Gasteiger partial charge in [0.25, 0.3) is 0 Å². The van der Waals surface area contributed by atoms with Crippen molar-refractivity contribution in [1.82, 2.24) is 0 Å². The minimum absolute atomic E-state index is 0.0199. The number of aldehydes is 1. The minimum atomic E-state index is -0.561. The molecule has 1 aromatic carbocycles. The van der Waals surface area contributed by atoms with Gasteiger partial charge < -0.3 is 9.53 Å². The normalized spacial score (nSPS) is 9.21. The van der Waals surface area contributed by atoms with Crippen molar-refractivity contribution in [3.8, 4) is 11.8 Å². The maximum Gasteiger partial charge on any atom is 0.137 e. The highest BCUT2D eigenvalue weighted by atomic mass is 19.1. The molecule has 0 aliphatic rings. The number of halogens is 1. The lowest BCUT2D eigenvalue weighted by molar-refractivity contribution is -0.107. The molecule has 0 spiro atoms. The molecule has 1 rings (SSSR count). The van der Waals surface area contributed by atoms with Crippen LogP contribution in [0.1, 0.15) is 11.1 Å². The molecule has 3 nitrogen and oxygen atoms in total. The van der Waals surface area contributed by atoms with Gasteiger partial charge in [0.05, 0.1) is 12.7 Å². The molecule has 0 unspecified atom stereocenters. The zero-order valence-corrected chi connectivity index (χ0v) is 7.58. The Kier molecular flexibility index (Phi) is 3.19. The summed E-state index contributed by atoms with van der Waals surface area (Å²) in [7, 11) is 1.39. The summed E-state index contributed by atoms with van der Waals surface area (Å²) in [6, 6.07) is 4.23. The van der Waals surface area contributed by atoms with Crippen LogP contribution < -0.4 is 4.74 Å². The second-order valence-corrected chi connectivity index (χ2v) is 2.63. The van der Waals surface area contributed by atoms with Crippen LogP contribution >= 0.6 is 0 Å². The van der Waals surface area contributed by atoms with E-state index in [0.717, 1.165) is 6.07 Å². The van der Waals surface area contributed by atoms with E-state index in [4.69, 9.17) is 10.00 Å². The Labute approximate surface area is 80.7 Å². The number of carbonyl (C=O) groups excluding carboxylic acids is 1. The number of carbonyl (C=O) groups is 1. The van der Waals surface area contributed by atoms with Crippen LogP contribution in [0.2, 0.25) is 0 Å². The number of ether oxygens (including phenoxy) is 1. The van der Waals surface area contributed by atoms with Crippen molar-refractivity contribution in [1.29, 1.82) is 5.26 Å². The Bertz CT molecular complexity index is 396. The molecule has 14 heavy (non-hydrogen) atoms. The lowest BCUT2D eigenvalue weighted by atomic mass is 10.1. The van der Waals surface area contributed by atoms with E-state index in [-0.39, 0.29) is 23.3 Å². The van der Waals surface area contributed by atoms with Crippen molar-refractivity contribution in [2.45, 2.75) is 6.42 Å². The molecule has 0 atom stereocenters. The van der Waals surface area contributed by atoms with Gasteiger partial charge in [-0.15, -0.1) is 0 Å². The molecule has 4 heteroatoms. The SMILES string of the molecule is COc1cc(CC=O)c(F)cc1C#N. The van der Waals surface area contributed by atoms with Crippen molar-refractivity contribution in [2.75, 3.05) is 7.11 Å². The summed E-state index contributed by atoms with van der Waals surface area (Å²) in [5.74, 6) is -0.278. The number of rotatable bonds is 3. The number of nitrogens with zero attached hydrogens (tertiary/aromatic N) is 1. The zero-order valence-electron chi connectivity index (χ0n) is 7.58. The van der Waals surface area contributed by atoms with Crippen molar-refractivity contribution in [3.63, 3.8) is 0 Å². The number of hydrogen-bond donors (Lipinski definition) is 0. The average molecular weight is 193 g/mol. The first kappa shape index (κ1) is 10.2. The number of nitriles is 1. The van der Waals surface area contributed by atoms with Gasteiger partial charge in [0.2, 0.25) is 0 Å². The predicted octanol–water partition coefficient (Wildman–Crippen LogP) is 1.45. The summed E-state index contributed by atoms with van der Waals surface area (Å²) in [4.78, 5) is 10.2. The monoisotopic (exact) mass is 193 g/mol. The first-order valence-electron chi connectivity index (χ1n) is 3.93. The van der Waals surface area contributed by atoms with E-state index in [1.165, 1.54) is 13.2 Å². The molecule has 0 saturated heterocycles. The summed E-state index contributed by atoms with van der Waals surface area (Å²) in [6.07, 6.45) is 0.581. The van der Waals surface area contributed by atoms with E-state index in [9.17, 15) is 9.18 Å². The van der Waals surface area contributed by atoms with Crippen LogP contribution in [0.15, 0.2) is 12.1 Å². The van der Waals surface area contributed by atoms with Crippen LogP contribution in [-0.2, 0) is 11.2 Å². The lowest BCUT2D eigenvalue weighted by Gasteiger charge is -2.05.